The Morgan fingerprint density at radius 1 is 1.18 bits per heavy atom. The molecule has 34 heavy (non-hydrogen) atoms. The number of halogens is 1. The van der Waals surface area contributed by atoms with Gasteiger partial charge in [-0.05, 0) is 65.4 Å². The first-order valence-electron chi connectivity index (χ1n) is 10.1. The Kier molecular flexibility index (Phi) is 8.90. The number of nitrogens with one attached hydrogen (secondary N) is 2. The van der Waals surface area contributed by atoms with Crippen LogP contribution in [0.15, 0.2) is 35.4 Å². The molecule has 0 saturated carbocycles. The molecule has 2 N–H and O–H groups in total. The van der Waals surface area contributed by atoms with E-state index in [9.17, 15) is 14.4 Å². The quantitative estimate of drug-likeness (QED) is 0.188. The number of fused-ring (bicyclic) bond motifs is 1. The molecule has 1 aliphatic heterocycles. The highest BCUT2D eigenvalue weighted by Gasteiger charge is 2.17. The molecule has 0 aliphatic carbocycles. The summed E-state index contributed by atoms with van der Waals surface area (Å²) in [5, 5.41) is 6.41. The van der Waals surface area contributed by atoms with E-state index in [2.05, 4.69) is 15.8 Å². The van der Waals surface area contributed by atoms with Crippen molar-refractivity contribution in [2.45, 2.75) is 6.92 Å². The standard InChI is InChI=1S/C22H22IN3O8/c1-3-31-20(28)11-32-21-15(23)6-13(7-18(21)30-2)9-25-26-19(27)10-24-22(29)14-4-5-16-17(8-14)34-12-33-16/h4-9H,3,10-12H2,1-2H3,(H,24,29)(H,26,27). The first-order chi connectivity index (χ1) is 16.4. The monoisotopic (exact) mass is 583 g/mol. The SMILES string of the molecule is CCOC(=O)COc1c(I)cc(C=NNC(=O)CNC(=O)c2ccc3c(c2)OCO3)cc1OC. The van der Waals surface area contributed by atoms with Gasteiger partial charge in [0.05, 0.1) is 30.0 Å². The van der Waals surface area contributed by atoms with E-state index in [0.29, 0.717) is 37.7 Å². The highest BCUT2D eigenvalue weighted by molar-refractivity contribution is 14.1. The summed E-state index contributed by atoms with van der Waals surface area (Å²) in [6.45, 7) is 1.56. The number of esters is 1. The third-order valence-electron chi connectivity index (χ3n) is 4.34. The van der Waals surface area contributed by atoms with Gasteiger partial charge >= 0.3 is 5.97 Å². The fourth-order valence-corrected chi connectivity index (χ4v) is 3.59. The summed E-state index contributed by atoms with van der Waals surface area (Å²) >= 11 is 2.03. The maximum atomic E-state index is 12.2. The van der Waals surface area contributed by atoms with Gasteiger partial charge in [-0.15, -0.1) is 0 Å². The molecule has 12 heteroatoms. The van der Waals surface area contributed by atoms with Crippen molar-refractivity contribution in [3.05, 3.63) is 45.0 Å². The van der Waals surface area contributed by atoms with Crippen LogP contribution >= 0.6 is 22.6 Å². The Labute approximate surface area is 208 Å². The van der Waals surface area contributed by atoms with Crippen molar-refractivity contribution < 1.29 is 38.1 Å². The maximum absolute atomic E-state index is 12.2. The lowest BCUT2D eigenvalue weighted by molar-refractivity contribution is -0.145. The van der Waals surface area contributed by atoms with Crippen LogP contribution in [-0.4, -0.2) is 57.7 Å². The molecule has 0 atom stereocenters. The van der Waals surface area contributed by atoms with Gasteiger partial charge in [0.15, 0.2) is 29.6 Å². The van der Waals surface area contributed by atoms with E-state index in [4.69, 9.17) is 23.7 Å². The van der Waals surface area contributed by atoms with Gasteiger partial charge in [0, 0.05) is 5.56 Å². The van der Waals surface area contributed by atoms with Gasteiger partial charge < -0.3 is 29.0 Å². The van der Waals surface area contributed by atoms with Gasteiger partial charge in [-0.3, -0.25) is 9.59 Å². The fraction of sp³-hybridized carbons (Fsp3) is 0.273. The predicted molar refractivity (Wildman–Crippen MR) is 128 cm³/mol. The number of benzene rings is 2. The van der Waals surface area contributed by atoms with Crippen LogP contribution < -0.4 is 29.7 Å². The molecule has 11 nitrogen and oxygen atoms in total. The average molecular weight is 583 g/mol. The van der Waals surface area contributed by atoms with Crippen LogP contribution in [0.3, 0.4) is 0 Å². The molecule has 0 fully saturated rings. The molecular formula is C22H22IN3O8. The zero-order valence-electron chi connectivity index (χ0n) is 18.4. The summed E-state index contributed by atoms with van der Waals surface area (Å²) in [6, 6.07) is 8.13. The van der Waals surface area contributed by atoms with E-state index in [1.54, 1.807) is 37.3 Å². The lowest BCUT2D eigenvalue weighted by atomic mass is 10.2. The molecule has 0 bridgehead atoms. The second kappa shape index (κ2) is 12.1. The van der Waals surface area contributed by atoms with E-state index in [1.165, 1.54) is 13.3 Å². The minimum absolute atomic E-state index is 0.106. The van der Waals surface area contributed by atoms with Gasteiger partial charge in [-0.25, -0.2) is 10.2 Å². The van der Waals surface area contributed by atoms with Crippen LogP contribution in [0.1, 0.15) is 22.8 Å². The molecule has 0 aromatic heterocycles. The van der Waals surface area contributed by atoms with Crippen molar-refractivity contribution >= 4 is 46.6 Å². The molecule has 0 spiro atoms. The molecule has 0 radical (unpaired) electrons. The molecule has 2 amide bonds. The van der Waals surface area contributed by atoms with Crippen molar-refractivity contribution in [1.29, 1.82) is 0 Å². The minimum Gasteiger partial charge on any atom is -0.493 e. The molecular weight excluding hydrogens is 561 g/mol. The molecule has 2 aromatic carbocycles. The zero-order chi connectivity index (χ0) is 24.5. The Balaban J connectivity index is 1.51. The van der Waals surface area contributed by atoms with Crippen LogP contribution in [0.5, 0.6) is 23.0 Å². The number of hydrazone groups is 1. The smallest absolute Gasteiger partial charge is 0.344 e. The summed E-state index contributed by atoms with van der Waals surface area (Å²) in [5.74, 6) is 0.386. The number of nitrogens with zero attached hydrogens (tertiary/aromatic N) is 1. The van der Waals surface area contributed by atoms with E-state index < -0.39 is 17.8 Å². The number of amides is 2. The van der Waals surface area contributed by atoms with Crippen LogP contribution in [0.25, 0.3) is 0 Å². The third kappa shape index (κ3) is 6.73. The van der Waals surface area contributed by atoms with Crippen molar-refractivity contribution in [1.82, 2.24) is 10.7 Å². The molecule has 0 unspecified atom stereocenters. The fourth-order valence-electron chi connectivity index (χ4n) is 2.81. The molecule has 2 aromatic rings. The van der Waals surface area contributed by atoms with E-state index in [-0.39, 0.29) is 26.6 Å². The summed E-state index contributed by atoms with van der Waals surface area (Å²) in [6.07, 6.45) is 1.41. The first kappa shape index (κ1) is 25.1. The lowest BCUT2D eigenvalue weighted by Gasteiger charge is -2.13. The number of methoxy groups -OCH3 is 1. The van der Waals surface area contributed by atoms with Crippen molar-refractivity contribution in [2.75, 3.05) is 33.7 Å². The second-order valence-electron chi connectivity index (χ2n) is 6.67. The molecule has 0 saturated heterocycles. The van der Waals surface area contributed by atoms with E-state index in [1.807, 2.05) is 22.6 Å². The highest BCUT2D eigenvalue weighted by atomic mass is 127. The van der Waals surface area contributed by atoms with Crippen molar-refractivity contribution in [2.24, 2.45) is 5.10 Å². The summed E-state index contributed by atoms with van der Waals surface area (Å²) in [4.78, 5) is 35.8. The van der Waals surface area contributed by atoms with Gasteiger partial charge in [0.25, 0.3) is 11.8 Å². The third-order valence-corrected chi connectivity index (χ3v) is 5.14. The van der Waals surface area contributed by atoms with E-state index in [0.717, 1.165) is 0 Å². The minimum atomic E-state index is -0.513. The second-order valence-corrected chi connectivity index (χ2v) is 7.83. The van der Waals surface area contributed by atoms with Crippen molar-refractivity contribution in [3.8, 4) is 23.0 Å². The Morgan fingerprint density at radius 2 is 1.97 bits per heavy atom. The topological polar surface area (TPSA) is 134 Å². The maximum Gasteiger partial charge on any atom is 0.344 e. The van der Waals surface area contributed by atoms with Crippen LogP contribution in [-0.2, 0) is 14.3 Å². The highest BCUT2D eigenvalue weighted by Crippen LogP contribution is 2.34. The number of carbonyl (C=O) groups is 3. The molecule has 3 rings (SSSR count). The van der Waals surface area contributed by atoms with Crippen LogP contribution in [0, 0.1) is 3.57 Å². The summed E-state index contributed by atoms with van der Waals surface area (Å²) in [7, 11) is 1.47. The first-order valence-corrected chi connectivity index (χ1v) is 11.1. The van der Waals surface area contributed by atoms with Crippen LogP contribution in [0.4, 0.5) is 0 Å². The van der Waals surface area contributed by atoms with Gasteiger partial charge in [0.1, 0.15) is 0 Å². The lowest BCUT2D eigenvalue weighted by Crippen LogP contribution is -2.34. The Bertz CT molecular complexity index is 1110. The Hall–Kier alpha value is -3.55. The molecule has 1 heterocycles. The van der Waals surface area contributed by atoms with E-state index >= 15 is 0 Å². The number of hydrogen-bond acceptors (Lipinski definition) is 9. The molecule has 180 valence electrons. The van der Waals surface area contributed by atoms with Gasteiger partial charge in [-0.1, -0.05) is 0 Å². The van der Waals surface area contributed by atoms with Gasteiger partial charge in [0.2, 0.25) is 6.79 Å². The van der Waals surface area contributed by atoms with Crippen LogP contribution in [0.2, 0.25) is 0 Å². The summed E-state index contributed by atoms with van der Waals surface area (Å²) < 4.78 is 26.8. The van der Waals surface area contributed by atoms with Gasteiger partial charge in [-0.2, -0.15) is 5.10 Å². The summed E-state index contributed by atoms with van der Waals surface area (Å²) in [5.41, 5.74) is 3.30. The number of carbonyl (C=O) groups excluding carboxylic acids is 3. The number of ether oxygens (including phenoxy) is 5. The zero-order valence-corrected chi connectivity index (χ0v) is 20.5. The average Bonchev–Trinajstić information content (AvgIpc) is 3.29. The van der Waals surface area contributed by atoms with Crippen molar-refractivity contribution in [3.63, 3.8) is 0 Å². The predicted octanol–water partition coefficient (Wildman–Crippen LogP) is 1.85. The Morgan fingerprint density at radius 3 is 2.74 bits per heavy atom. The molecule has 1 aliphatic rings. The largest absolute Gasteiger partial charge is 0.493 e. The number of rotatable bonds is 10. The number of hydrogen-bond donors (Lipinski definition) is 2. The normalized spacial score (nSPS) is 11.7.